The van der Waals surface area contributed by atoms with E-state index in [9.17, 15) is 13.2 Å². The van der Waals surface area contributed by atoms with Crippen LogP contribution in [0.4, 0.5) is 0 Å². The SMILES string of the molecule is CC(C)CNS(=O)(=O)c1ccc(C(=O)NCCN2CCNCC2)cc1. The molecule has 0 spiro atoms. The third-order valence-electron chi connectivity index (χ3n) is 4.03. The van der Waals surface area contributed by atoms with Crippen molar-refractivity contribution < 1.29 is 13.2 Å². The minimum atomic E-state index is -3.52. The molecule has 2 rings (SSSR count). The molecule has 7 nitrogen and oxygen atoms in total. The molecule has 25 heavy (non-hydrogen) atoms. The Labute approximate surface area is 150 Å². The van der Waals surface area contributed by atoms with Crippen LogP contribution < -0.4 is 15.4 Å². The highest BCUT2D eigenvalue weighted by atomic mass is 32.2. The average Bonchev–Trinajstić information content (AvgIpc) is 2.61. The smallest absolute Gasteiger partial charge is 0.251 e. The summed E-state index contributed by atoms with van der Waals surface area (Å²) in [4.78, 5) is 14.6. The Morgan fingerprint density at radius 2 is 1.84 bits per heavy atom. The van der Waals surface area contributed by atoms with Gasteiger partial charge < -0.3 is 10.6 Å². The average molecular weight is 369 g/mol. The fraction of sp³-hybridized carbons (Fsp3) is 0.588. The lowest BCUT2D eigenvalue weighted by Gasteiger charge is -2.27. The molecular formula is C17H28N4O3S. The number of nitrogens with one attached hydrogen (secondary N) is 3. The van der Waals surface area contributed by atoms with Gasteiger partial charge in [0.15, 0.2) is 0 Å². The van der Waals surface area contributed by atoms with Crippen LogP contribution in [-0.4, -0.2) is 65.0 Å². The summed E-state index contributed by atoms with van der Waals surface area (Å²) in [5.41, 5.74) is 0.461. The Morgan fingerprint density at radius 1 is 1.20 bits per heavy atom. The highest BCUT2D eigenvalue weighted by Crippen LogP contribution is 2.11. The van der Waals surface area contributed by atoms with Crippen LogP contribution in [0, 0.1) is 5.92 Å². The predicted molar refractivity (Wildman–Crippen MR) is 98.1 cm³/mol. The lowest BCUT2D eigenvalue weighted by molar-refractivity contribution is 0.0947. The molecule has 0 unspecified atom stereocenters. The van der Waals surface area contributed by atoms with Crippen molar-refractivity contribution in [1.29, 1.82) is 0 Å². The Hall–Kier alpha value is -1.48. The van der Waals surface area contributed by atoms with E-state index < -0.39 is 10.0 Å². The molecule has 0 radical (unpaired) electrons. The summed E-state index contributed by atoms with van der Waals surface area (Å²) < 4.78 is 26.8. The van der Waals surface area contributed by atoms with Crippen LogP contribution in [0.2, 0.25) is 0 Å². The van der Waals surface area contributed by atoms with Gasteiger partial charge in [0, 0.05) is 51.4 Å². The number of sulfonamides is 1. The summed E-state index contributed by atoms with van der Waals surface area (Å²) in [5.74, 6) is 0.0460. The fourth-order valence-corrected chi connectivity index (χ4v) is 3.72. The monoisotopic (exact) mass is 368 g/mol. The number of piperazine rings is 1. The first-order chi connectivity index (χ1) is 11.9. The fourth-order valence-electron chi connectivity index (χ4n) is 2.51. The summed E-state index contributed by atoms with van der Waals surface area (Å²) >= 11 is 0. The molecule has 1 heterocycles. The number of hydrogen-bond donors (Lipinski definition) is 3. The lowest BCUT2D eigenvalue weighted by Crippen LogP contribution is -2.46. The van der Waals surface area contributed by atoms with Crippen molar-refractivity contribution in [3.8, 4) is 0 Å². The van der Waals surface area contributed by atoms with Crippen molar-refractivity contribution >= 4 is 15.9 Å². The third kappa shape index (κ3) is 6.39. The summed E-state index contributed by atoms with van der Waals surface area (Å²) in [7, 11) is -3.52. The lowest BCUT2D eigenvalue weighted by atomic mass is 10.2. The quantitative estimate of drug-likeness (QED) is 0.612. The molecule has 1 aliphatic heterocycles. The normalized spacial score (nSPS) is 16.1. The summed E-state index contributed by atoms with van der Waals surface area (Å²) in [6, 6.07) is 6.02. The Morgan fingerprint density at radius 3 is 2.44 bits per heavy atom. The highest BCUT2D eigenvalue weighted by Gasteiger charge is 2.15. The Bertz CT molecular complexity index is 653. The molecule has 1 fully saturated rings. The summed E-state index contributed by atoms with van der Waals surface area (Å²) in [6.45, 7) is 9.61. The zero-order chi connectivity index (χ0) is 18.3. The first-order valence-corrected chi connectivity index (χ1v) is 10.2. The summed E-state index contributed by atoms with van der Waals surface area (Å²) in [5, 5.41) is 6.17. The number of nitrogens with zero attached hydrogens (tertiary/aromatic N) is 1. The van der Waals surface area contributed by atoms with Crippen molar-refractivity contribution in [3.63, 3.8) is 0 Å². The minimum absolute atomic E-state index is 0.172. The van der Waals surface area contributed by atoms with E-state index in [0.29, 0.717) is 18.7 Å². The van der Waals surface area contributed by atoms with Gasteiger partial charge in [0.25, 0.3) is 5.91 Å². The molecule has 0 aromatic heterocycles. The molecule has 0 bridgehead atoms. The van der Waals surface area contributed by atoms with Crippen molar-refractivity contribution in [1.82, 2.24) is 20.3 Å². The molecule has 1 aromatic carbocycles. The van der Waals surface area contributed by atoms with Gasteiger partial charge in [-0.3, -0.25) is 9.69 Å². The standard InChI is InChI=1S/C17H28N4O3S/c1-14(2)13-20-25(23,24)16-5-3-15(4-6-16)17(22)19-9-12-21-10-7-18-8-11-21/h3-6,14,18,20H,7-13H2,1-2H3,(H,19,22). The molecule has 0 aliphatic carbocycles. The van der Waals surface area contributed by atoms with Gasteiger partial charge in [0.05, 0.1) is 4.90 Å². The number of rotatable bonds is 8. The van der Waals surface area contributed by atoms with Crippen LogP contribution in [0.3, 0.4) is 0 Å². The first-order valence-electron chi connectivity index (χ1n) is 8.69. The van der Waals surface area contributed by atoms with Gasteiger partial charge in [0.1, 0.15) is 0 Å². The Balaban J connectivity index is 1.84. The van der Waals surface area contributed by atoms with E-state index in [4.69, 9.17) is 0 Å². The van der Waals surface area contributed by atoms with Gasteiger partial charge in [-0.25, -0.2) is 13.1 Å². The molecule has 0 saturated carbocycles. The molecule has 8 heteroatoms. The van der Waals surface area contributed by atoms with Gasteiger partial charge in [-0.15, -0.1) is 0 Å². The zero-order valence-electron chi connectivity index (χ0n) is 14.9. The molecule has 1 saturated heterocycles. The zero-order valence-corrected chi connectivity index (χ0v) is 15.7. The van der Waals surface area contributed by atoms with E-state index in [1.807, 2.05) is 13.8 Å². The maximum absolute atomic E-state index is 12.2. The van der Waals surface area contributed by atoms with Crippen LogP contribution >= 0.6 is 0 Å². The van der Waals surface area contributed by atoms with Gasteiger partial charge in [-0.2, -0.15) is 0 Å². The summed E-state index contributed by atoms with van der Waals surface area (Å²) in [6.07, 6.45) is 0. The molecule has 1 aromatic rings. The van der Waals surface area contributed by atoms with E-state index in [-0.39, 0.29) is 16.7 Å². The third-order valence-corrected chi connectivity index (χ3v) is 5.47. The second kappa shape index (κ2) is 9.28. The number of hydrogen-bond acceptors (Lipinski definition) is 5. The van der Waals surface area contributed by atoms with Crippen molar-refractivity contribution in [3.05, 3.63) is 29.8 Å². The van der Waals surface area contributed by atoms with Crippen molar-refractivity contribution in [2.24, 2.45) is 5.92 Å². The van der Waals surface area contributed by atoms with Gasteiger partial charge in [-0.05, 0) is 30.2 Å². The maximum Gasteiger partial charge on any atom is 0.251 e. The second-order valence-corrected chi connectivity index (χ2v) is 8.38. The maximum atomic E-state index is 12.2. The predicted octanol–water partition coefficient (Wildman–Crippen LogP) is 0.256. The van der Waals surface area contributed by atoms with E-state index in [2.05, 4.69) is 20.3 Å². The van der Waals surface area contributed by atoms with Crippen LogP contribution in [-0.2, 0) is 10.0 Å². The molecule has 1 aliphatic rings. The Kier molecular flexibility index (Phi) is 7.37. The largest absolute Gasteiger partial charge is 0.351 e. The van der Waals surface area contributed by atoms with E-state index in [1.54, 1.807) is 12.1 Å². The number of benzene rings is 1. The number of carbonyl (C=O) groups excluding carboxylic acids is 1. The van der Waals surface area contributed by atoms with Gasteiger partial charge in [0.2, 0.25) is 10.0 Å². The van der Waals surface area contributed by atoms with E-state index >= 15 is 0 Å². The molecule has 1 amide bonds. The minimum Gasteiger partial charge on any atom is -0.351 e. The topological polar surface area (TPSA) is 90.5 Å². The van der Waals surface area contributed by atoms with Crippen LogP contribution in [0.5, 0.6) is 0 Å². The molecular weight excluding hydrogens is 340 g/mol. The van der Waals surface area contributed by atoms with E-state index in [1.165, 1.54) is 12.1 Å². The van der Waals surface area contributed by atoms with Gasteiger partial charge >= 0.3 is 0 Å². The second-order valence-electron chi connectivity index (χ2n) is 6.62. The molecule has 0 atom stereocenters. The molecule has 3 N–H and O–H groups in total. The van der Waals surface area contributed by atoms with Crippen LogP contribution in [0.1, 0.15) is 24.2 Å². The van der Waals surface area contributed by atoms with Gasteiger partial charge in [-0.1, -0.05) is 13.8 Å². The number of amides is 1. The van der Waals surface area contributed by atoms with E-state index in [0.717, 1.165) is 32.7 Å². The van der Waals surface area contributed by atoms with Crippen molar-refractivity contribution in [2.75, 3.05) is 45.8 Å². The van der Waals surface area contributed by atoms with Crippen LogP contribution in [0.25, 0.3) is 0 Å². The molecule has 140 valence electrons. The first kappa shape index (κ1) is 19.8. The highest BCUT2D eigenvalue weighted by molar-refractivity contribution is 7.89. The van der Waals surface area contributed by atoms with Crippen LogP contribution in [0.15, 0.2) is 29.2 Å². The van der Waals surface area contributed by atoms with Crippen molar-refractivity contribution in [2.45, 2.75) is 18.7 Å². The number of carbonyl (C=O) groups is 1.